The van der Waals surface area contributed by atoms with Crippen LogP contribution in [0.3, 0.4) is 0 Å². The maximum absolute atomic E-state index is 5.59. The number of hydrogen-bond donors (Lipinski definition) is 1. The zero-order valence-electron chi connectivity index (χ0n) is 11.4. The van der Waals surface area contributed by atoms with E-state index in [1.54, 1.807) is 0 Å². The smallest absolute Gasteiger partial charge is 0.0619 e. The number of hydrogen-bond acceptors (Lipinski definition) is 2. The molecule has 0 aliphatic carbocycles. The monoisotopic (exact) mass is 215 g/mol. The van der Waals surface area contributed by atoms with Gasteiger partial charge in [-0.2, -0.15) is 0 Å². The Morgan fingerprint density at radius 3 is 2.27 bits per heavy atom. The highest BCUT2D eigenvalue weighted by molar-refractivity contribution is 4.76. The lowest BCUT2D eigenvalue weighted by Gasteiger charge is -2.30. The maximum Gasteiger partial charge on any atom is 0.0619 e. The normalized spacial score (nSPS) is 16.4. The highest BCUT2D eigenvalue weighted by Gasteiger charge is 2.22. The summed E-state index contributed by atoms with van der Waals surface area (Å²) in [4.78, 5) is 0. The largest absolute Gasteiger partial charge is 0.380 e. The van der Waals surface area contributed by atoms with Crippen molar-refractivity contribution in [3.05, 3.63) is 0 Å². The summed E-state index contributed by atoms with van der Waals surface area (Å²) in [6, 6.07) is 0.491. The van der Waals surface area contributed by atoms with Crippen molar-refractivity contribution in [2.75, 3.05) is 20.3 Å². The van der Waals surface area contributed by atoms with Crippen molar-refractivity contribution in [1.82, 2.24) is 5.32 Å². The molecule has 2 unspecified atom stereocenters. The summed E-state index contributed by atoms with van der Waals surface area (Å²) in [6.45, 7) is 13.1. The molecule has 0 radical (unpaired) electrons. The second-order valence-electron chi connectivity index (χ2n) is 5.56. The second-order valence-corrected chi connectivity index (χ2v) is 5.56. The zero-order chi connectivity index (χ0) is 11.9. The van der Waals surface area contributed by atoms with E-state index in [1.807, 2.05) is 7.05 Å². The SMILES string of the molecule is CCCOCC(CC(C)C(C)(C)C)NC. The Morgan fingerprint density at radius 2 is 1.87 bits per heavy atom. The van der Waals surface area contributed by atoms with Crippen LogP contribution in [0.5, 0.6) is 0 Å². The molecule has 0 spiro atoms. The first-order valence-corrected chi connectivity index (χ1v) is 6.16. The minimum Gasteiger partial charge on any atom is -0.380 e. The molecular formula is C13H29NO. The molecule has 0 aromatic heterocycles. The average molecular weight is 215 g/mol. The fraction of sp³-hybridized carbons (Fsp3) is 1.00. The van der Waals surface area contributed by atoms with E-state index in [-0.39, 0.29) is 0 Å². The van der Waals surface area contributed by atoms with E-state index in [2.05, 4.69) is 39.9 Å². The zero-order valence-corrected chi connectivity index (χ0v) is 11.4. The minimum absolute atomic E-state index is 0.389. The predicted molar refractivity (Wildman–Crippen MR) is 67.2 cm³/mol. The van der Waals surface area contributed by atoms with Crippen LogP contribution in [0.15, 0.2) is 0 Å². The Balaban J connectivity index is 3.88. The first-order valence-electron chi connectivity index (χ1n) is 6.16. The van der Waals surface area contributed by atoms with Crippen LogP contribution in [0.25, 0.3) is 0 Å². The van der Waals surface area contributed by atoms with Crippen molar-refractivity contribution in [2.24, 2.45) is 11.3 Å². The van der Waals surface area contributed by atoms with E-state index >= 15 is 0 Å². The molecule has 0 amide bonds. The van der Waals surface area contributed by atoms with E-state index in [0.717, 1.165) is 19.6 Å². The van der Waals surface area contributed by atoms with Gasteiger partial charge in [-0.25, -0.2) is 0 Å². The molecule has 15 heavy (non-hydrogen) atoms. The van der Waals surface area contributed by atoms with E-state index in [9.17, 15) is 0 Å². The Labute approximate surface area is 95.8 Å². The molecule has 0 saturated carbocycles. The Hall–Kier alpha value is -0.0800. The third-order valence-corrected chi connectivity index (χ3v) is 3.19. The fourth-order valence-corrected chi connectivity index (χ4v) is 1.42. The summed E-state index contributed by atoms with van der Waals surface area (Å²) in [7, 11) is 2.02. The molecule has 2 atom stereocenters. The van der Waals surface area contributed by atoms with Gasteiger partial charge in [-0.3, -0.25) is 0 Å². The van der Waals surface area contributed by atoms with Gasteiger partial charge in [0.05, 0.1) is 6.61 Å². The molecule has 0 heterocycles. The molecule has 0 aromatic carbocycles. The molecule has 2 nitrogen and oxygen atoms in total. The first kappa shape index (κ1) is 14.9. The van der Waals surface area contributed by atoms with Gasteiger partial charge in [0.2, 0.25) is 0 Å². The average Bonchev–Trinajstić information content (AvgIpc) is 2.14. The molecule has 0 rings (SSSR count). The minimum atomic E-state index is 0.389. The van der Waals surface area contributed by atoms with Gasteiger partial charge in [0, 0.05) is 12.6 Å². The van der Waals surface area contributed by atoms with Crippen LogP contribution in [-0.4, -0.2) is 26.3 Å². The van der Waals surface area contributed by atoms with Crippen LogP contribution in [0.2, 0.25) is 0 Å². The molecule has 92 valence electrons. The molecule has 0 fully saturated rings. The molecule has 2 heteroatoms. The van der Waals surface area contributed by atoms with Crippen molar-refractivity contribution < 1.29 is 4.74 Å². The maximum atomic E-state index is 5.59. The second kappa shape index (κ2) is 7.24. The Bertz CT molecular complexity index is 151. The summed E-state index contributed by atoms with van der Waals surface area (Å²) in [5, 5.41) is 3.34. The van der Waals surface area contributed by atoms with E-state index in [1.165, 1.54) is 6.42 Å². The molecule has 0 bridgehead atoms. The van der Waals surface area contributed by atoms with E-state index in [4.69, 9.17) is 4.74 Å². The van der Waals surface area contributed by atoms with Crippen LogP contribution >= 0.6 is 0 Å². The fourth-order valence-electron chi connectivity index (χ4n) is 1.42. The van der Waals surface area contributed by atoms with Crippen LogP contribution in [-0.2, 0) is 4.74 Å². The van der Waals surface area contributed by atoms with Crippen LogP contribution < -0.4 is 5.32 Å². The van der Waals surface area contributed by atoms with Crippen molar-refractivity contribution in [1.29, 1.82) is 0 Å². The van der Waals surface area contributed by atoms with Gasteiger partial charge in [-0.1, -0.05) is 34.6 Å². The summed E-state index contributed by atoms with van der Waals surface area (Å²) in [5.41, 5.74) is 0.389. The van der Waals surface area contributed by atoms with Crippen molar-refractivity contribution in [2.45, 2.75) is 53.5 Å². The van der Waals surface area contributed by atoms with Gasteiger partial charge in [-0.05, 0) is 31.2 Å². The van der Waals surface area contributed by atoms with Crippen molar-refractivity contribution in [3.63, 3.8) is 0 Å². The summed E-state index contributed by atoms with van der Waals surface area (Å²) < 4.78 is 5.59. The highest BCUT2D eigenvalue weighted by Crippen LogP contribution is 2.28. The summed E-state index contributed by atoms with van der Waals surface area (Å²) in [6.07, 6.45) is 2.29. The quantitative estimate of drug-likeness (QED) is 0.659. The lowest BCUT2D eigenvalue weighted by molar-refractivity contribution is 0.0975. The van der Waals surface area contributed by atoms with E-state index < -0.39 is 0 Å². The Morgan fingerprint density at radius 1 is 1.27 bits per heavy atom. The molecular weight excluding hydrogens is 186 g/mol. The lowest BCUT2D eigenvalue weighted by atomic mass is 9.78. The number of rotatable bonds is 7. The van der Waals surface area contributed by atoms with Crippen molar-refractivity contribution in [3.8, 4) is 0 Å². The van der Waals surface area contributed by atoms with Gasteiger partial charge < -0.3 is 10.1 Å². The van der Waals surface area contributed by atoms with Crippen LogP contribution in [0.1, 0.15) is 47.5 Å². The lowest BCUT2D eigenvalue weighted by Crippen LogP contribution is -2.35. The predicted octanol–water partition coefficient (Wildman–Crippen LogP) is 3.07. The molecule has 0 saturated heterocycles. The van der Waals surface area contributed by atoms with E-state index in [0.29, 0.717) is 17.4 Å². The molecule has 0 aliphatic heterocycles. The van der Waals surface area contributed by atoms with Gasteiger partial charge in [-0.15, -0.1) is 0 Å². The molecule has 1 N–H and O–H groups in total. The van der Waals surface area contributed by atoms with Crippen molar-refractivity contribution >= 4 is 0 Å². The van der Waals surface area contributed by atoms with Gasteiger partial charge in [0.25, 0.3) is 0 Å². The van der Waals surface area contributed by atoms with Gasteiger partial charge >= 0.3 is 0 Å². The number of nitrogens with one attached hydrogen (secondary N) is 1. The number of ether oxygens (including phenoxy) is 1. The molecule has 0 aliphatic rings. The highest BCUT2D eigenvalue weighted by atomic mass is 16.5. The van der Waals surface area contributed by atoms with Crippen LogP contribution in [0.4, 0.5) is 0 Å². The van der Waals surface area contributed by atoms with Gasteiger partial charge in [0.15, 0.2) is 0 Å². The topological polar surface area (TPSA) is 21.3 Å². The molecule has 0 aromatic rings. The third-order valence-electron chi connectivity index (χ3n) is 3.19. The summed E-state index contributed by atoms with van der Waals surface area (Å²) in [5.74, 6) is 0.708. The standard InChI is InChI=1S/C13H29NO/c1-7-8-15-10-12(14-6)9-11(2)13(3,4)5/h11-12,14H,7-10H2,1-6H3. The number of likely N-dealkylation sites (N-methyl/N-ethyl adjacent to an activating group) is 1. The third kappa shape index (κ3) is 6.91. The van der Waals surface area contributed by atoms with Crippen LogP contribution in [0, 0.1) is 11.3 Å². The van der Waals surface area contributed by atoms with Gasteiger partial charge in [0.1, 0.15) is 0 Å². The first-order chi connectivity index (χ1) is 6.91. The summed E-state index contributed by atoms with van der Waals surface area (Å²) >= 11 is 0. The Kier molecular flexibility index (Phi) is 7.20.